The Morgan fingerprint density at radius 1 is 1.12 bits per heavy atom. The molecule has 0 spiro atoms. The Morgan fingerprint density at radius 2 is 1.81 bits per heavy atom. The van der Waals surface area contributed by atoms with Crippen molar-refractivity contribution in [2.45, 2.75) is 11.5 Å². The van der Waals surface area contributed by atoms with Gasteiger partial charge in [0.15, 0.2) is 0 Å². The third-order valence-corrected chi connectivity index (χ3v) is 4.79. The van der Waals surface area contributed by atoms with Crippen LogP contribution in [0.15, 0.2) is 60.0 Å². The molecule has 1 aliphatic rings. The molecule has 5 nitrogen and oxygen atoms in total. The van der Waals surface area contributed by atoms with E-state index in [0.29, 0.717) is 5.56 Å². The Labute approximate surface area is 155 Å². The summed E-state index contributed by atoms with van der Waals surface area (Å²) in [6, 6.07) is 12.1. The van der Waals surface area contributed by atoms with Gasteiger partial charge in [-0.25, -0.2) is 4.79 Å². The quantitative estimate of drug-likeness (QED) is 0.338. The molecule has 132 valence electrons. The van der Waals surface area contributed by atoms with Crippen LogP contribution in [0.1, 0.15) is 36.6 Å². The molecular weight excluding hydrogens is 350 g/mol. The van der Waals surface area contributed by atoms with Gasteiger partial charge in [-0.3, -0.25) is 14.5 Å². The van der Waals surface area contributed by atoms with E-state index in [1.807, 2.05) is 30.5 Å². The van der Waals surface area contributed by atoms with Crippen LogP contribution in [0.4, 0.5) is 0 Å². The number of hydrogen-bond donors (Lipinski definition) is 0. The molecule has 0 aliphatic carbocycles. The molecule has 0 N–H and O–H groups in total. The highest BCUT2D eigenvalue weighted by atomic mass is 32.2. The minimum atomic E-state index is -0.538. The zero-order chi connectivity index (χ0) is 18.7. The van der Waals surface area contributed by atoms with Gasteiger partial charge in [0.1, 0.15) is 6.61 Å². The number of carbonyl (C=O) groups is 3. The van der Waals surface area contributed by atoms with Crippen molar-refractivity contribution in [3.8, 4) is 0 Å². The number of rotatable bonds is 6. The number of nitrogens with zero attached hydrogens (tertiary/aromatic N) is 1. The first-order valence-corrected chi connectivity index (χ1v) is 9.19. The van der Waals surface area contributed by atoms with E-state index in [2.05, 4.69) is 6.58 Å². The summed E-state index contributed by atoms with van der Waals surface area (Å²) >= 11 is 1.64. The summed E-state index contributed by atoms with van der Waals surface area (Å²) in [6.45, 7) is 3.82. The van der Waals surface area contributed by atoms with Gasteiger partial charge in [0.25, 0.3) is 11.8 Å². The molecule has 2 aromatic carbocycles. The van der Waals surface area contributed by atoms with E-state index in [9.17, 15) is 14.4 Å². The number of fused-ring (bicyclic) bond motifs is 1. The largest absolute Gasteiger partial charge is 0.457 e. The van der Waals surface area contributed by atoms with Crippen LogP contribution in [-0.4, -0.2) is 35.5 Å². The fraction of sp³-hybridized carbons (Fsp3) is 0.150. The Kier molecular flexibility index (Phi) is 5.23. The van der Waals surface area contributed by atoms with Crippen molar-refractivity contribution >= 4 is 29.5 Å². The molecule has 0 bridgehead atoms. The second-order valence-corrected chi connectivity index (χ2v) is 6.57. The number of benzene rings is 2. The first kappa shape index (κ1) is 17.9. The third kappa shape index (κ3) is 3.41. The standard InChI is InChI=1S/C20H17NO4S/c1-3-10-21-18(22)16-9-6-14(11-17(16)19(21)23)20(24)25-12-13-4-7-15(26-2)8-5-13/h3-9,11H,1,10,12H2,2H3. The van der Waals surface area contributed by atoms with Crippen LogP contribution < -0.4 is 0 Å². The summed E-state index contributed by atoms with van der Waals surface area (Å²) in [7, 11) is 0. The number of ether oxygens (including phenoxy) is 1. The summed E-state index contributed by atoms with van der Waals surface area (Å²) in [5, 5.41) is 0. The van der Waals surface area contributed by atoms with E-state index in [1.165, 1.54) is 24.3 Å². The second-order valence-electron chi connectivity index (χ2n) is 5.69. The van der Waals surface area contributed by atoms with E-state index in [1.54, 1.807) is 11.8 Å². The predicted molar refractivity (Wildman–Crippen MR) is 99.3 cm³/mol. The summed E-state index contributed by atoms with van der Waals surface area (Å²) in [5.41, 5.74) is 1.63. The van der Waals surface area contributed by atoms with Gasteiger partial charge in [-0.2, -0.15) is 0 Å². The first-order chi connectivity index (χ1) is 12.5. The van der Waals surface area contributed by atoms with Crippen LogP contribution in [0.3, 0.4) is 0 Å². The molecule has 2 aromatic rings. The summed E-state index contributed by atoms with van der Waals surface area (Å²) in [6.07, 6.45) is 3.48. The molecule has 6 heteroatoms. The molecule has 3 rings (SSSR count). The highest BCUT2D eigenvalue weighted by molar-refractivity contribution is 7.98. The van der Waals surface area contributed by atoms with Crippen molar-refractivity contribution in [2.75, 3.05) is 12.8 Å². The predicted octanol–water partition coefficient (Wildman–Crippen LogP) is 3.55. The van der Waals surface area contributed by atoms with E-state index < -0.39 is 11.9 Å². The van der Waals surface area contributed by atoms with Crippen LogP contribution >= 0.6 is 11.8 Å². The maximum Gasteiger partial charge on any atom is 0.338 e. The number of amides is 2. The molecule has 0 unspecified atom stereocenters. The molecule has 1 aliphatic heterocycles. The Bertz CT molecular complexity index is 889. The van der Waals surface area contributed by atoms with Crippen LogP contribution in [-0.2, 0) is 11.3 Å². The number of imide groups is 1. The molecule has 0 aromatic heterocycles. The summed E-state index contributed by atoms with van der Waals surface area (Å²) < 4.78 is 5.31. The lowest BCUT2D eigenvalue weighted by Crippen LogP contribution is -2.29. The van der Waals surface area contributed by atoms with Gasteiger partial charge < -0.3 is 4.74 Å². The highest BCUT2D eigenvalue weighted by Gasteiger charge is 2.35. The van der Waals surface area contributed by atoms with Gasteiger partial charge >= 0.3 is 5.97 Å². The number of carbonyl (C=O) groups excluding carboxylic acids is 3. The third-order valence-electron chi connectivity index (χ3n) is 4.05. The minimum Gasteiger partial charge on any atom is -0.457 e. The van der Waals surface area contributed by atoms with Crippen molar-refractivity contribution in [3.05, 3.63) is 77.4 Å². The van der Waals surface area contributed by atoms with Crippen molar-refractivity contribution in [1.82, 2.24) is 4.90 Å². The van der Waals surface area contributed by atoms with E-state index in [0.717, 1.165) is 15.4 Å². The van der Waals surface area contributed by atoms with E-state index in [4.69, 9.17) is 4.74 Å². The smallest absolute Gasteiger partial charge is 0.338 e. The summed E-state index contributed by atoms with van der Waals surface area (Å²) in [4.78, 5) is 39.0. The normalized spacial score (nSPS) is 12.9. The molecule has 0 radical (unpaired) electrons. The Hall–Kier alpha value is -2.86. The van der Waals surface area contributed by atoms with Crippen molar-refractivity contribution < 1.29 is 19.1 Å². The molecule has 2 amide bonds. The van der Waals surface area contributed by atoms with Crippen LogP contribution in [0.5, 0.6) is 0 Å². The fourth-order valence-electron chi connectivity index (χ4n) is 2.67. The van der Waals surface area contributed by atoms with Crippen molar-refractivity contribution in [2.24, 2.45) is 0 Å². The molecule has 0 saturated carbocycles. The molecule has 0 atom stereocenters. The van der Waals surface area contributed by atoms with Crippen molar-refractivity contribution in [1.29, 1.82) is 0 Å². The highest BCUT2D eigenvalue weighted by Crippen LogP contribution is 2.24. The number of hydrogen-bond acceptors (Lipinski definition) is 5. The molecular formula is C20H17NO4S. The van der Waals surface area contributed by atoms with E-state index >= 15 is 0 Å². The average Bonchev–Trinajstić information content (AvgIpc) is 2.91. The SMILES string of the molecule is C=CCN1C(=O)c2ccc(C(=O)OCc3ccc(SC)cc3)cc2C1=O. The second kappa shape index (κ2) is 7.58. The maximum absolute atomic E-state index is 12.3. The molecule has 1 heterocycles. The zero-order valence-electron chi connectivity index (χ0n) is 14.2. The van der Waals surface area contributed by atoms with Gasteiger partial charge in [-0.05, 0) is 42.2 Å². The van der Waals surface area contributed by atoms with Crippen LogP contribution in [0, 0.1) is 0 Å². The maximum atomic E-state index is 12.3. The first-order valence-electron chi connectivity index (χ1n) is 7.96. The van der Waals surface area contributed by atoms with Gasteiger partial charge in [0, 0.05) is 11.4 Å². The van der Waals surface area contributed by atoms with Crippen LogP contribution in [0.2, 0.25) is 0 Å². The lowest BCUT2D eigenvalue weighted by Gasteiger charge is -2.09. The number of thioether (sulfide) groups is 1. The topological polar surface area (TPSA) is 63.7 Å². The van der Waals surface area contributed by atoms with Gasteiger partial charge in [0.2, 0.25) is 0 Å². The fourth-order valence-corrected chi connectivity index (χ4v) is 3.07. The van der Waals surface area contributed by atoms with Crippen molar-refractivity contribution in [3.63, 3.8) is 0 Å². The van der Waals surface area contributed by atoms with Crippen LogP contribution in [0.25, 0.3) is 0 Å². The van der Waals surface area contributed by atoms with E-state index in [-0.39, 0.29) is 30.2 Å². The average molecular weight is 367 g/mol. The Morgan fingerprint density at radius 3 is 2.46 bits per heavy atom. The zero-order valence-corrected chi connectivity index (χ0v) is 15.0. The number of esters is 1. The van der Waals surface area contributed by atoms with Gasteiger partial charge in [-0.1, -0.05) is 18.2 Å². The monoisotopic (exact) mass is 367 g/mol. The lowest BCUT2D eigenvalue weighted by molar-refractivity contribution is 0.0472. The molecule has 26 heavy (non-hydrogen) atoms. The molecule has 0 fully saturated rings. The Balaban J connectivity index is 1.72. The summed E-state index contributed by atoms with van der Waals surface area (Å²) in [5.74, 6) is -1.34. The molecule has 0 saturated heterocycles. The van der Waals surface area contributed by atoms with Gasteiger partial charge in [-0.15, -0.1) is 18.3 Å². The minimum absolute atomic E-state index is 0.137. The lowest BCUT2D eigenvalue weighted by atomic mass is 10.1. The van der Waals surface area contributed by atoms with Gasteiger partial charge in [0.05, 0.1) is 16.7 Å².